The first kappa shape index (κ1) is 21.4. The summed E-state index contributed by atoms with van der Waals surface area (Å²) >= 11 is 6.10. The molecular formula is C20H23ClN2O5S. The van der Waals surface area contributed by atoms with Crippen LogP contribution in [0.2, 0.25) is 5.02 Å². The molecule has 1 aliphatic heterocycles. The molecule has 2 aromatic carbocycles. The van der Waals surface area contributed by atoms with Crippen LogP contribution in [0.15, 0.2) is 35.2 Å². The van der Waals surface area contributed by atoms with E-state index in [2.05, 4.69) is 5.32 Å². The number of halogens is 1. The summed E-state index contributed by atoms with van der Waals surface area (Å²) in [5.74, 6) is 0.274. The molecule has 1 saturated heterocycles. The van der Waals surface area contributed by atoms with Crippen LogP contribution in [-0.4, -0.2) is 45.9 Å². The topological polar surface area (TPSA) is 84.9 Å². The Labute approximate surface area is 175 Å². The maximum atomic E-state index is 13.0. The number of rotatable bonds is 6. The molecule has 0 atom stereocenters. The highest BCUT2D eigenvalue weighted by Crippen LogP contribution is 2.36. The number of ether oxygens (including phenoxy) is 2. The number of nitrogens with one attached hydrogen (secondary N) is 1. The van der Waals surface area contributed by atoms with Gasteiger partial charge in [0.25, 0.3) is 5.91 Å². The van der Waals surface area contributed by atoms with Crippen LogP contribution in [0.3, 0.4) is 0 Å². The van der Waals surface area contributed by atoms with Gasteiger partial charge in [0.2, 0.25) is 10.0 Å². The predicted octanol–water partition coefficient (Wildman–Crippen LogP) is 3.70. The molecule has 0 radical (unpaired) electrons. The van der Waals surface area contributed by atoms with Crippen molar-refractivity contribution in [2.75, 3.05) is 32.6 Å². The van der Waals surface area contributed by atoms with E-state index in [1.807, 2.05) is 0 Å². The van der Waals surface area contributed by atoms with Gasteiger partial charge in [-0.3, -0.25) is 4.79 Å². The number of sulfonamides is 1. The second-order valence-electron chi connectivity index (χ2n) is 6.73. The van der Waals surface area contributed by atoms with Crippen molar-refractivity contribution in [2.24, 2.45) is 0 Å². The number of hydrogen-bond donors (Lipinski definition) is 1. The number of benzene rings is 2. The van der Waals surface area contributed by atoms with E-state index in [4.69, 9.17) is 21.1 Å². The number of carbonyl (C=O) groups excluding carboxylic acids is 1. The Morgan fingerprint density at radius 2 is 1.72 bits per heavy atom. The SMILES string of the molecule is COc1cc(NC(=O)c2ccc(C)c(S(=O)(=O)N3CCCC3)c2)c(OC)cc1Cl. The van der Waals surface area contributed by atoms with E-state index >= 15 is 0 Å². The summed E-state index contributed by atoms with van der Waals surface area (Å²) in [4.78, 5) is 13.0. The zero-order chi connectivity index (χ0) is 21.2. The quantitative estimate of drug-likeness (QED) is 0.743. The summed E-state index contributed by atoms with van der Waals surface area (Å²) in [6, 6.07) is 7.73. The fourth-order valence-corrected chi connectivity index (χ4v) is 5.24. The van der Waals surface area contributed by atoms with Crippen LogP contribution >= 0.6 is 11.6 Å². The summed E-state index contributed by atoms with van der Waals surface area (Å²) in [6.07, 6.45) is 1.69. The first-order valence-electron chi connectivity index (χ1n) is 9.11. The van der Waals surface area contributed by atoms with Gasteiger partial charge in [0.1, 0.15) is 11.5 Å². The monoisotopic (exact) mass is 438 g/mol. The number of carbonyl (C=O) groups is 1. The van der Waals surface area contributed by atoms with E-state index in [0.717, 1.165) is 12.8 Å². The first-order valence-corrected chi connectivity index (χ1v) is 10.9. The molecule has 0 saturated carbocycles. The summed E-state index contributed by atoms with van der Waals surface area (Å²) in [5, 5.41) is 3.08. The van der Waals surface area contributed by atoms with Crippen molar-refractivity contribution in [2.45, 2.75) is 24.7 Å². The standard InChI is InChI=1S/C20H23ClN2O5S/c1-13-6-7-14(10-19(13)29(25,26)23-8-4-5-9-23)20(24)22-16-12-17(27-2)15(21)11-18(16)28-3/h6-7,10-12H,4-5,8-9H2,1-3H3,(H,22,24). The summed E-state index contributed by atoms with van der Waals surface area (Å²) < 4.78 is 37.8. The molecule has 0 unspecified atom stereocenters. The van der Waals surface area contributed by atoms with Crippen molar-refractivity contribution < 1.29 is 22.7 Å². The summed E-state index contributed by atoms with van der Waals surface area (Å²) in [7, 11) is -0.710. The number of aryl methyl sites for hydroxylation is 1. The third-order valence-corrected chi connectivity index (χ3v) is 7.19. The molecule has 29 heavy (non-hydrogen) atoms. The second kappa shape index (κ2) is 8.61. The normalized spacial score (nSPS) is 14.6. The summed E-state index contributed by atoms with van der Waals surface area (Å²) in [5.41, 5.74) is 1.19. The maximum absolute atomic E-state index is 13.0. The zero-order valence-corrected chi connectivity index (χ0v) is 18.1. The number of hydrogen-bond acceptors (Lipinski definition) is 5. The van der Waals surface area contributed by atoms with Crippen molar-refractivity contribution in [1.82, 2.24) is 4.31 Å². The second-order valence-corrected chi connectivity index (χ2v) is 9.05. The van der Waals surface area contributed by atoms with Crippen LogP contribution in [0, 0.1) is 6.92 Å². The fraction of sp³-hybridized carbons (Fsp3) is 0.350. The lowest BCUT2D eigenvalue weighted by Gasteiger charge is -2.18. The highest BCUT2D eigenvalue weighted by Gasteiger charge is 2.29. The third-order valence-electron chi connectivity index (χ3n) is 4.86. The molecule has 156 valence electrons. The molecule has 1 heterocycles. The average Bonchev–Trinajstić information content (AvgIpc) is 3.24. The highest BCUT2D eigenvalue weighted by atomic mass is 35.5. The molecule has 1 aliphatic rings. The Morgan fingerprint density at radius 1 is 1.07 bits per heavy atom. The van der Waals surface area contributed by atoms with E-state index in [0.29, 0.717) is 40.9 Å². The highest BCUT2D eigenvalue weighted by molar-refractivity contribution is 7.89. The van der Waals surface area contributed by atoms with Crippen molar-refractivity contribution in [1.29, 1.82) is 0 Å². The molecule has 7 nitrogen and oxygen atoms in total. The van der Waals surface area contributed by atoms with Crippen molar-refractivity contribution in [3.05, 3.63) is 46.5 Å². The van der Waals surface area contributed by atoms with E-state index in [1.165, 1.54) is 30.7 Å². The van der Waals surface area contributed by atoms with Gasteiger partial charge in [0.15, 0.2) is 0 Å². The summed E-state index contributed by atoms with van der Waals surface area (Å²) in [6.45, 7) is 2.72. The van der Waals surface area contributed by atoms with Crippen LogP contribution in [0.4, 0.5) is 5.69 Å². The van der Waals surface area contributed by atoms with Crippen LogP contribution in [0.25, 0.3) is 0 Å². The minimum Gasteiger partial charge on any atom is -0.495 e. The predicted molar refractivity (Wildman–Crippen MR) is 112 cm³/mol. The van der Waals surface area contributed by atoms with Gasteiger partial charge in [-0.1, -0.05) is 17.7 Å². The lowest BCUT2D eigenvalue weighted by Crippen LogP contribution is -2.28. The van der Waals surface area contributed by atoms with Gasteiger partial charge in [-0.15, -0.1) is 0 Å². The largest absolute Gasteiger partial charge is 0.495 e. The van der Waals surface area contributed by atoms with E-state index in [1.54, 1.807) is 25.1 Å². The van der Waals surface area contributed by atoms with Gasteiger partial charge in [-0.25, -0.2) is 8.42 Å². The van der Waals surface area contributed by atoms with Gasteiger partial charge in [-0.05, 0) is 37.5 Å². The van der Waals surface area contributed by atoms with Gasteiger partial charge in [0, 0.05) is 30.8 Å². The van der Waals surface area contributed by atoms with Crippen LogP contribution in [0.5, 0.6) is 11.5 Å². The molecule has 1 amide bonds. The molecule has 0 bridgehead atoms. The molecule has 1 N–H and O–H groups in total. The number of anilines is 1. The number of nitrogens with zero attached hydrogens (tertiary/aromatic N) is 1. The molecule has 1 fully saturated rings. The van der Waals surface area contributed by atoms with Gasteiger partial charge in [-0.2, -0.15) is 4.31 Å². The Kier molecular flexibility index (Phi) is 6.36. The zero-order valence-electron chi connectivity index (χ0n) is 16.5. The molecule has 0 aliphatic carbocycles. The molecule has 9 heteroatoms. The number of amides is 1. The Morgan fingerprint density at radius 3 is 2.34 bits per heavy atom. The van der Waals surface area contributed by atoms with E-state index in [-0.39, 0.29) is 10.5 Å². The van der Waals surface area contributed by atoms with E-state index in [9.17, 15) is 13.2 Å². The van der Waals surface area contributed by atoms with Crippen molar-refractivity contribution in [3.63, 3.8) is 0 Å². The smallest absolute Gasteiger partial charge is 0.255 e. The van der Waals surface area contributed by atoms with Crippen molar-refractivity contribution in [3.8, 4) is 11.5 Å². The Balaban J connectivity index is 1.93. The van der Waals surface area contributed by atoms with Gasteiger partial charge in [0.05, 0.1) is 29.8 Å². The van der Waals surface area contributed by atoms with Crippen molar-refractivity contribution >= 4 is 33.2 Å². The van der Waals surface area contributed by atoms with Gasteiger partial charge < -0.3 is 14.8 Å². The Bertz CT molecular complexity index is 1030. The fourth-order valence-electron chi connectivity index (χ4n) is 3.24. The molecule has 0 spiro atoms. The minimum absolute atomic E-state index is 0.146. The molecule has 0 aromatic heterocycles. The lowest BCUT2D eigenvalue weighted by atomic mass is 10.1. The molecular weight excluding hydrogens is 416 g/mol. The van der Waals surface area contributed by atoms with Crippen LogP contribution in [-0.2, 0) is 10.0 Å². The number of methoxy groups -OCH3 is 2. The minimum atomic E-state index is -3.64. The van der Waals surface area contributed by atoms with Crippen LogP contribution in [0.1, 0.15) is 28.8 Å². The van der Waals surface area contributed by atoms with E-state index < -0.39 is 15.9 Å². The first-order chi connectivity index (χ1) is 13.8. The maximum Gasteiger partial charge on any atom is 0.255 e. The average molecular weight is 439 g/mol. The molecule has 2 aromatic rings. The lowest BCUT2D eigenvalue weighted by molar-refractivity contribution is 0.102. The Hall–Kier alpha value is -2.29. The van der Waals surface area contributed by atoms with Gasteiger partial charge >= 0.3 is 0 Å². The van der Waals surface area contributed by atoms with Crippen LogP contribution < -0.4 is 14.8 Å². The molecule has 3 rings (SSSR count). The third kappa shape index (κ3) is 4.34.